The molecule has 0 atom stereocenters. The molecule has 2 rings (SSSR count). The SMILES string of the molecule is C=CCSC(=O)c1ccc2ccccc2c1. The molecule has 0 saturated heterocycles. The van der Waals surface area contributed by atoms with Crippen molar-refractivity contribution in [2.24, 2.45) is 0 Å². The lowest BCUT2D eigenvalue weighted by Gasteiger charge is -2.01. The van der Waals surface area contributed by atoms with Crippen LogP contribution in [0.5, 0.6) is 0 Å². The van der Waals surface area contributed by atoms with Crippen LogP contribution in [0.15, 0.2) is 55.1 Å². The van der Waals surface area contributed by atoms with Crippen LogP contribution in [0.2, 0.25) is 0 Å². The van der Waals surface area contributed by atoms with Crippen LogP contribution in [0.3, 0.4) is 0 Å². The van der Waals surface area contributed by atoms with Gasteiger partial charge in [-0.15, -0.1) is 6.58 Å². The lowest BCUT2D eigenvalue weighted by molar-refractivity contribution is 0.108. The first-order valence-corrected chi connectivity index (χ1v) is 6.06. The number of thioether (sulfide) groups is 1. The van der Waals surface area contributed by atoms with Crippen molar-refractivity contribution in [2.45, 2.75) is 0 Å². The van der Waals surface area contributed by atoms with Crippen LogP contribution in [-0.4, -0.2) is 10.9 Å². The van der Waals surface area contributed by atoms with Gasteiger partial charge in [0.15, 0.2) is 0 Å². The van der Waals surface area contributed by atoms with Crippen molar-refractivity contribution in [3.8, 4) is 0 Å². The van der Waals surface area contributed by atoms with E-state index in [1.807, 2.05) is 42.5 Å². The zero-order valence-electron chi connectivity index (χ0n) is 8.85. The maximum absolute atomic E-state index is 11.8. The summed E-state index contributed by atoms with van der Waals surface area (Å²) in [6.07, 6.45) is 1.74. The molecular formula is C14H12OS. The quantitative estimate of drug-likeness (QED) is 0.741. The summed E-state index contributed by atoms with van der Waals surface area (Å²) in [5.74, 6) is 0.658. The largest absolute Gasteiger partial charge is 0.282 e. The van der Waals surface area contributed by atoms with E-state index < -0.39 is 0 Å². The zero-order valence-corrected chi connectivity index (χ0v) is 9.67. The summed E-state index contributed by atoms with van der Waals surface area (Å²) in [6, 6.07) is 13.8. The minimum atomic E-state index is 0.102. The van der Waals surface area contributed by atoms with Crippen LogP contribution in [0.25, 0.3) is 10.8 Å². The predicted molar refractivity (Wildman–Crippen MR) is 70.9 cm³/mol. The van der Waals surface area contributed by atoms with Crippen molar-refractivity contribution in [3.05, 3.63) is 60.7 Å². The standard InChI is InChI=1S/C14H12OS/c1-2-9-16-14(15)13-8-7-11-5-3-4-6-12(11)10-13/h2-8,10H,1,9H2. The van der Waals surface area contributed by atoms with Crippen LogP contribution in [-0.2, 0) is 0 Å². The molecule has 0 spiro atoms. The van der Waals surface area contributed by atoms with Crippen LogP contribution in [0, 0.1) is 0 Å². The van der Waals surface area contributed by atoms with Crippen LogP contribution < -0.4 is 0 Å². The van der Waals surface area contributed by atoms with E-state index in [1.165, 1.54) is 11.8 Å². The van der Waals surface area contributed by atoms with E-state index in [2.05, 4.69) is 6.58 Å². The van der Waals surface area contributed by atoms with E-state index in [9.17, 15) is 4.79 Å². The zero-order chi connectivity index (χ0) is 11.4. The first-order valence-electron chi connectivity index (χ1n) is 5.08. The molecule has 0 aliphatic heterocycles. The lowest BCUT2D eigenvalue weighted by Crippen LogP contribution is -1.93. The summed E-state index contributed by atoms with van der Waals surface area (Å²) in [6.45, 7) is 3.60. The Bertz CT molecular complexity index is 531. The minimum Gasteiger partial charge on any atom is -0.282 e. The maximum Gasteiger partial charge on any atom is 0.219 e. The monoisotopic (exact) mass is 228 g/mol. The Morgan fingerprint density at radius 1 is 1.19 bits per heavy atom. The normalized spacial score (nSPS) is 10.2. The van der Waals surface area contributed by atoms with Gasteiger partial charge in [0, 0.05) is 11.3 Å². The molecule has 0 aliphatic carbocycles. The number of benzene rings is 2. The van der Waals surface area contributed by atoms with E-state index in [4.69, 9.17) is 0 Å². The molecule has 0 amide bonds. The third kappa shape index (κ3) is 2.34. The van der Waals surface area contributed by atoms with E-state index in [0.29, 0.717) is 5.75 Å². The van der Waals surface area contributed by atoms with Gasteiger partial charge in [0.2, 0.25) is 5.12 Å². The molecule has 0 unspecified atom stereocenters. The number of rotatable bonds is 3. The maximum atomic E-state index is 11.8. The Kier molecular flexibility index (Phi) is 3.42. The van der Waals surface area contributed by atoms with Gasteiger partial charge >= 0.3 is 0 Å². The Morgan fingerprint density at radius 3 is 2.69 bits per heavy atom. The van der Waals surface area contributed by atoms with E-state index >= 15 is 0 Å². The van der Waals surface area contributed by atoms with Crippen molar-refractivity contribution in [1.82, 2.24) is 0 Å². The van der Waals surface area contributed by atoms with Gasteiger partial charge in [0.1, 0.15) is 0 Å². The Morgan fingerprint density at radius 2 is 1.94 bits per heavy atom. The van der Waals surface area contributed by atoms with Crippen molar-refractivity contribution < 1.29 is 4.79 Å². The van der Waals surface area contributed by atoms with Crippen LogP contribution in [0.4, 0.5) is 0 Å². The molecule has 1 nitrogen and oxygen atoms in total. The molecule has 0 heterocycles. The summed E-state index contributed by atoms with van der Waals surface area (Å²) in [5.41, 5.74) is 0.755. The summed E-state index contributed by atoms with van der Waals surface area (Å²) >= 11 is 1.28. The molecule has 0 radical (unpaired) electrons. The number of hydrogen-bond donors (Lipinski definition) is 0. The molecule has 0 aliphatic rings. The van der Waals surface area contributed by atoms with Gasteiger partial charge in [0.05, 0.1) is 0 Å². The highest BCUT2D eigenvalue weighted by atomic mass is 32.2. The molecule has 0 N–H and O–H groups in total. The molecule has 2 aromatic rings. The first-order chi connectivity index (χ1) is 7.81. The number of carbonyl (C=O) groups is 1. The van der Waals surface area contributed by atoms with E-state index in [-0.39, 0.29) is 5.12 Å². The van der Waals surface area contributed by atoms with Crippen molar-refractivity contribution >= 4 is 27.6 Å². The highest BCUT2D eigenvalue weighted by molar-refractivity contribution is 8.14. The Balaban J connectivity index is 2.32. The average Bonchev–Trinajstić information content (AvgIpc) is 2.35. The summed E-state index contributed by atoms with van der Waals surface area (Å²) < 4.78 is 0. The van der Waals surface area contributed by atoms with E-state index in [1.54, 1.807) is 6.08 Å². The lowest BCUT2D eigenvalue weighted by atomic mass is 10.1. The number of carbonyl (C=O) groups excluding carboxylic acids is 1. The van der Waals surface area contributed by atoms with Crippen molar-refractivity contribution in [2.75, 3.05) is 5.75 Å². The molecule has 2 heteroatoms. The second-order valence-electron chi connectivity index (χ2n) is 3.45. The topological polar surface area (TPSA) is 17.1 Å². The molecule has 80 valence electrons. The Labute approximate surface area is 99.2 Å². The molecule has 0 aromatic heterocycles. The third-order valence-corrected chi connectivity index (χ3v) is 3.22. The third-order valence-electron chi connectivity index (χ3n) is 2.32. The predicted octanol–water partition coefficient (Wildman–Crippen LogP) is 3.90. The number of fused-ring (bicyclic) bond motifs is 1. The van der Waals surface area contributed by atoms with Crippen LogP contribution in [0.1, 0.15) is 10.4 Å². The van der Waals surface area contributed by atoms with Gasteiger partial charge in [0.25, 0.3) is 0 Å². The summed E-state index contributed by atoms with van der Waals surface area (Å²) in [4.78, 5) is 11.8. The first kappa shape index (κ1) is 11.0. The fraction of sp³-hybridized carbons (Fsp3) is 0.0714. The molecule has 16 heavy (non-hydrogen) atoms. The van der Waals surface area contributed by atoms with Gasteiger partial charge < -0.3 is 0 Å². The summed E-state index contributed by atoms with van der Waals surface area (Å²) in [7, 11) is 0. The highest BCUT2D eigenvalue weighted by Crippen LogP contribution is 2.19. The second-order valence-corrected chi connectivity index (χ2v) is 4.44. The molecule has 2 aromatic carbocycles. The van der Waals surface area contributed by atoms with Crippen LogP contribution >= 0.6 is 11.8 Å². The van der Waals surface area contributed by atoms with Gasteiger partial charge in [-0.1, -0.05) is 48.2 Å². The second kappa shape index (κ2) is 4.99. The average molecular weight is 228 g/mol. The fourth-order valence-corrected chi connectivity index (χ4v) is 2.10. The van der Waals surface area contributed by atoms with Gasteiger partial charge in [-0.05, 0) is 22.9 Å². The molecule has 0 bridgehead atoms. The van der Waals surface area contributed by atoms with Crippen molar-refractivity contribution in [1.29, 1.82) is 0 Å². The molecular weight excluding hydrogens is 216 g/mol. The fourth-order valence-electron chi connectivity index (χ4n) is 1.53. The Hall–Kier alpha value is -1.54. The smallest absolute Gasteiger partial charge is 0.219 e. The van der Waals surface area contributed by atoms with E-state index in [0.717, 1.165) is 16.3 Å². The molecule has 0 saturated carbocycles. The minimum absolute atomic E-state index is 0.102. The van der Waals surface area contributed by atoms with Gasteiger partial charge in [-0.25, -0.2) is 0 Å². The van der Waals surface area contributed by atoms with Gasteiger partial charge in [-0.2, -0.15) is 0 Å². The highest BCUT2D eigenvalue weighted by Gasteiger charge is 2.05. The summed E-state index contributed by atoms with van der Waals surface area (Å²) in [5, 5.41) is 2.37. The number of hydrogen-bond acceptors (Lipinski definition) is 2. The van der Waals surface area contributed by atoms with Gasteiger partial charge in [-0.3, -0.25) is 4.79 Å². The molecule has 0 fully saturated rings. The van der Waals surface area contributed by atoms with Crippen molar-refractivity contribution in [3.63, 3.8) is 0 Å².